The monoisotopic (exact) mass is 203 g/mol. The number of hydrogen-bond donors (Lipinski definition) is 1. The zero-order valence-electron chi connectivity index (χ0n) is 8.24. The summed E-state index contributed by atoms with van der Waals surface area (Å²) in [4.78, 5) is 7.97. The number of aromatic nitrogens is 2. The van der Waals surface area contributed by atoms with E-state index in [0.29, 0.717) is 22.6 Å². The van der Waals surface area contributed by atoms with E-state index in [1.807, 2.05) is 0 Å². The average molecular weight is 203 g/mol. The molecule has 2 rings (SSSR count). The van der Waals surface area contributed by atoms with Gasteiger partial charge in [-0.1, -0.05) is 12.1 Å². The third kappa shape index (κ3) is 1.93. The van der Waals surface area contributed by atoms with Gasteiger partial charge in [-0.25, -0.2) is 9.37 Å². The van der Waals surface area contributed by atoms with Crippen LogP contribution in [-0.2, 0) is 0 Å². The van der Waals surface area contributed by atoms with Gasteiger partial charge in [0.15, 0.2) is 0 Å². The lowest BCUT2D eigenvalue weighted by Crippen LogP contribution is -1.94. The Morgan fingerprint density at radius 3 is 2.73 bits per heavy atom. The topological polar surface area (TPSA) is 51.8 Å². The molecule has 0 fully saturated rings. The van der Waals surface area contributed by atoms with E-state index in [9.17, 15) is 4.39 Å². The van der Waals surface area contributed by atoms with Crippen molar-refractivity contribution in [1.29, 1.82) is 0 Å². The average Bonchev–Trinajstić information content (AvgIpc) is 2.22. The van der Waals surface area contributed by atoms with E-state index in [0.717, 1.165) is 0 Å². The van der Waals surface area contributed by atoms with Gasteiger partial charge >= 0.3 is 0 Å². The first-order valence-corrected chi connectivity index (χ1v) is 4.51. The molecule has 0 aliphatic rings. The van der Waals surface area contributed by atoms with Crippen LogP contribution < -0.4 is 5.73 Å². The van der Waals surface area contributed by atoms with Crippen molar-refractivity contribution in [3.05, 3.63) is 42.0 Å². The van der Waals surface area contributed by atoms with Crippen LogP contribution in [0.2, 0.25) is 0 Å². The Balaban J connectivity index is 2.50. The Kier molecular flexibility index (Phi) is 2.33. The first-order valence-electron chi connectivity index (χ1n) is 4.51. The van der Waals surface area contributed by atoms with Crippen molar-refractivity contribution >= 4 is 5.82 Å². The van der Waals surface area contributed by atoms with E-state index < -0.39 is 0 Å². The van der Waals surface area contributed by atoms with Crippen molar-refractivity contribution in [3.8, 4) is 11.3 Å². The Hall–Kier alpha value is -1.97. The van der Waals surface area contributed by atoms with Crippen molar-refractivity contribution in [2.24, 2.45) is 0 Å². The molecule has 0 saturated heterocycles. The third-order valence-electron chi connectivity index (χ3n) is 2.12. The molecule has 76 valence electrons. The van der Waals surface area contributed by atoms with Crippen LogP contribution in [0, 0.1) is 12.7 Å². The lowest BCUT2D eigenvalue weighted by atomic mass is 10.1. The van der Waals surface area contributed by atoms with Crippen molar-refractivity contribution in [2.75, 3.05) is 5.73 Å². The number of benzene rings is 1. The molecular weight excluding hydrogens is 193 g/mol. The summed E-state index contributed by atoms with van der Waals surface area (Å²) in [6.45, 7) is 1.71. The number of halogens is 1. The first kappa shape index (κ1) is 9.58. The van der Waals surface area contributed by atoms with Crippen LogP contribution in [0.1, 0.15) is 5.56 Å². The fourth-order valence-corrected chi connectivity index (χ4v) is 1.27. The number of rotatable bonds is 1. The van der Waals surface area contributed by atoms with Gasteiger partial charge in [-0.15, -0.1) is 0 Å². The maximum Gasteiger partial charge on any atom is 0.142 e. The second kappa shape index (κ2) is 3.65. The van der Waals surface area contributed by atoms with Gasteiger partial charge in [0.1, 0.15) is 11.6 Å². The zero-order valence-corrected chi connectivity index (χ0v) is 8.24. The van der Waals surface area contributed by atoms with Crippen molar-refractivity contribution in [1.82, 2.24) is 9.97 Å². The van der Waals surface area contributed by atoms with Crippen LogP contribution in [0.3, 0.4) is 0 Å². The lowest BCUT2D eigenvalue weighted by Gasteiger charge is -2.02. The van der Waals surface area contributed by atoms with Crippen LogP contribution in [-0.4, -0.2) is 9.97 Å². The Morgan fingerprint density at radius 1 is 1.27 bits per heavy atom. The predicted molar refractivity (Wildman–Crippen MR) is 56.6 cm³/mol. The second-order valence-corrected chi connectivity index (χ2v) is 3.29. The van der Waals surface area contributed by atoms with Gasteiger partial charge in [0.25, 0.3) is 0 Å². The number of nitrogens with zero attached hydrogens (tertiary/aromatic N) is 2. The van der Waals surface area contributed by atoms with Gasteiger partial charge in [-0.2, -0.15) is 0 Å². The molecule has 0 aliphatic carbocycles. The van der Waals surface area contributed by atoms with Crippen LogP contribution in [0.5, 0.6) is 0 Å². The lowest BCUT2D eigenvalue weighted by molar-refractivity contribution is 0.619. The molecule has 0 aliphatic heterocycles. The highest BCUT2D eigenvalue weighted by molar-refractivity contribution is 5.59. The first-order chi connectivity index (χ1) is 7.16. The van der Waals surface area contributed by atoms with E-state index >= 15 is 0 Å². The number of nitrogens with two attached hydrogens (primary N) is 1. The number of aryl methyl sites for hydroxylation is 1. The minimum atomic E-state index is -0.253. The molecule has 0 amide bonds. The van der Waals surface area contributed by atoms with Crippen LogP contribution in [0.4, 0.5) is 10.2 Å². The molecule has 0 spiro atoms. The summed E-state index contributed by atoms with van der Waals surface area (Å²) in [5.74, 6) is 0.0743. The second-order valence-electron chi connectivity index (χ2n) is 3.29. The Morgan fingerprint density at radius 2 is 2.07 bits per heavy atom. The van der Waals surface area contributed by atoms with Gasteiger partial charge < -0.3 is 5.73 Å². The Bertz CT molecular complexity index is 497. The summed E-state index contributed by atoms with van der Waals surface area (Å²) in [7, 11) is 0. The highest BCUT2D eigenvalue weighted by atomic mass is 19.1. The van der Waals surface area contributed by atoms with E-state index in [-0.39, 0.29) is 5.82 Å². The molecule has 0 saturated carbocycles. The maximum atomic E-state index is 13.3. The van der Waals surface area contributed by atoms with E-state index in [2.05, 4.69) is 9.97 Å². The summed E-state index contributed by atoms with van der Waals surface area (Å²) in [6, 6.07) is 4.93. The van der Waals surface area contributed by atoms with Crippen LogP contribution >= 0.6 is 0 Å². The fraction of sp³-hybridized carbons (Fsp3) is 0.0909. The molecule has 0 bridgehead atoms. The molecule has 3 nitrogen and oxygen atoms in total. The molecule has 2 N–H and O–H groups in total. The normalized spacial score (nSPS) is 10.3. The van der Waals surface area contributed by atoms with Gasteiger partial charge in [0, 0.05) is 5.56 Å². The van der Waals surface area contributed by atoms with Crippen molar-refractivity contribution in [2.45, 2.75) is 6.92 Å². The molecule has 2 aromatic rings. The summed E-state index contributed by atoms with van der Waals surface area (Å²) < 4.78 is 13.3. The molecule has 15 heavy (non-hydrogen) atoms. The smallest absolute Gasteiger partial charge is 0.142 e. The minimum Gasteiger partial charge on any atom is -0.382 e. The fourth-order valence-electron chi connectivity index (χ4n) is 1.27. The Labute approximate surface area is 86.8 Å². The SMILES string of the molecule is Cc1ccc(-c2cncc(N)n2)cc1F. The molecule has 1 aromatic heterocycles. The zero-order chi connectivity index (χ0) is 10.8. The van der Waals surface area contributed by atoms with Gasteiger partial charge in [0.2, 0.25) is 0 Å². The summed E-state index contributed by atoms with van der Waals surface area (Å²) in [5.41, 5.74) is 7.36. The maximum absolute atomic E-state index is 13.3. The molecule has 1 heterocycles. The summed E-state index contributed by atoms with van der Waals surface area (Å²) in [5, 5.41) is 0. The molecule has 0 unspecified atom stereocenters. The van der Waals surface area contributed by atoms with Gasteiger partial charge in [-0.3, -0.25) is 4.98 Å². The minimum absolute atomic E-state index is 0.253. The summed E-state index contributed by atoms with van der Waals surface area (Å²) >= 11 is 0. The number of hydrogen-bond acceptors (Lipinski definition) is 3. The third-order valence-corrected chi connectivity index (χ3v) is 2.12. The van der Waals surface area contributed by atoms with Crippen molar-refractivity contribution < 1.29 is 4.39 Å². The predicted octanol–water partition coefficient (Wildman–Crippen LogP) is 2.17. The van der Waals surface area contributed by atoms with E-state index in [1.54, 1.807) is 25.3 Å². The highest BCUT2D eigenvalue weighted by Gasteiger charge is 2.03. The van der Waals surface area contributed by atoms with Crippen molar-refractivity contribution in [3.63, 3.8) is 0 Å². The molecule has 0 radical (unpaired) electrons. The number of nitrogen functional groups attached to an aromatic ring is 1. The van der Waals surface area contributed by atoms with Gasteiger partial charge in [0.05, 0.1) is 18.1 Å². The largest absolute Gasteiger partial charge is 0.382 e. The molecule has 4 heteroatoms. The molecule has 1 aromatic carbocycles. The van der Waals surface area contributed by atoms with E-state index in [1.165, 1.54) is 12.3 Å². The highest BCUT2D eigenvalue weighted by Crippen LogP contribution is 2.19. The quantitative estimate of drug-likeness (QED) is 0.772. The number of anilines is 1. The van der Waals surface area contributed by atoms with Gasteiger partial charge in [-0.05, 0) is 18.6 Å². The summed E-state index contributed by atoms with van der Waals surface area (Å²) in [6.07, 6.45) is 3.01. The van der Waals surface area contributed by atoms with E-state index in [4.69, 9.17) is 5.73 Å². The van der Waals surface area contributed by atoms with Crippen LogP contribution in [0.25, 0.3) is 11.3 Å². The van der Waals surface area contributed by atoms with Crippen LogP contribution in [0.15, 0.2) is 30.6 Å². The molecular formula is C11H10FN3. The molecule has 0 atom stereocenters. The standard InChI is InChI=1S/C11H10FN3/c1-7-2-3-8(4-9(7)12)10-5-14-6-11(13)15-10/h2-6H,1H3,(H2,13,15).